The second kappa shape index (κ2) is 14.5. The molecule has 0 aliphatic heterocycles. The second-order valence-corrected chi connectivity index (χ2v) is 9.59. The van der Waals surface area contributed by atoms with Crippen molar-refractivity contribution in [1.29, 1.82) is 0 Å². The van der Waals surface area contributed by atoms with E-state index in [2.05, 4.69) is 10.6 Å². The Morgan fingerprint density at radius 1 is 0.718 bits per heavy atom. The number of hydrogen-bond acceptors (Lipinski definition) is 4. The highest BCUT2D eigenvalue weighted by Gasteiger charge is 2.35. The van der Waals surface area contributed by atoms with Crippen LogP contribution in [0.5, 0.6) is 0 Å². The van der Waals surface area contributed by atoms with Crippen LogP contribution in [0.3, 0.4) is 0 Å². The fourth-order valence-corrected chi connectivity index (χ4v) is 4.63. The van der Waals surface area contributed by atoms with Gasteiger partial charge in [-0.2, -0.15) is 0 Å². The zero-order valence-corrected chi connectivity index (χ0v) is 21.9. The maximum atomic E-state index is 13.6. The first kappa shape index (κ1) is 27.6. The minimum absolute atomic E-state index is 0.0115. The van der Waals surface area contributed by atoms with E-state index in [0.717, 1.165) is 43.2 Å². The van der Waals surface area contributed by atoms with Crippen LogP contribution < -0.4 is 10.6 Å². The molecule has 0 saturated heterocycles. The molecule has 6 nitrogen and oxygen atoms in total. The number of carbonyl (C=O) groups is 3. The van der Waals surface area contributed by atoms with Crippen molar-refractivity contribution in [3.63, 3.8) is 0 Å². The highest BCUT2D eigenvalue weighted by Crippen LogP contribution is 2.23. The summed E-state index contributed by atoms with van der Waals surface area (Å²) in [7, 11) is 0. The monoisotopic (exact) mass is 522 g/mol. The van der Waals surface area contributed by atoms with Gasteiger partial charge in [-0.15, -0.1) is 0 Å². The van der Waals surface area contributed by atoms with Crippen LogP contribution in [0.25, 0.3) is 12.2 Å². The van der Waals surface area contributed by atoms with Crippen LogP contribution in [0.4, 0.5) is 0 Å². The molecular weight excluding hydrogens is 488 g/mol. The lowest BCUT2D eigenvalue weighted by atomic mass is 9.94. The van der Waals surface area contributed by atoms with Crippen molar-refractivity contribution in [2.24, 2.45) is 0 Å². The van der Waals surface area contributed by atoms with E-state index in [0.29, 0.717) is 5.56 Å². The number of benzene rings is 3. The van der Waals surface area contributed by atoms with E-state index in [1.54, 1.807) is 24.3 Å². The van der Waals surface area contributed by atoms with E-state index in [9.17, 15) is 14.4 Å². The predicted molar refractivity (Wildman–Crippen MR) is 153 cm³/mol. The van der Waals surface area contributed by atoms with Crippen LogP contribution in [-0.2, 0) is 19.1 Å². The molecule has 0 spiro atoms. The first-order chi connectivity index (χ1) is 19.1. The average Bonchev–Trinajstić information content (AvgIpc) is 2.99. The molecule has 0 unspecified atom stereocenters. The predicted octanol–water partition coefficient (Wildman–Crippen LogP) is 5.63. The van der Waals surface area contributed by atoms with Crippen LogP contribution in [0.1, 0.15) is 54.8 Å². The number of amides is 2. The third-order valence-corrected chi connectivity index (χ3v) is 6.65. The zero-order chi connectivity index (χ0) is 27.3. The smallest absolute Gasteiger partial charge is 0.331 e. The zero-order valence-electron chi connectivity index (χ0n) is 21.9. The molecule has 1 aliphatic carbocycles. The summed E-state index contributed by atoms with van der Waals surface area (Å²) in [5, 5.41) is 5.98. The van der Waals surface area contributed by atoms with E-state index in [1.165, 1.54) is 12.2 Å². The van der Waals surface area contributed by atoms with Crippen molar-refractivity contribution in [2.45, 2.75) is 50.3 Å². The number of hydrogen-bond donors (Lipinski definition) is 2. The minimum Gasteiger partial charge on any atom is -0.446 e. The Hall–Kier alpha value is -4.45. The fourth-order valence-electron chi connectivity index (χ4n) is 4.63. The molecule has 4 rings (SSSR count). The molecule has 1 saturated carbocycles. The summed E-state index contributed by atoms with van der Waals surface area (Å²) in [4.78, 5) is 39.6. The summed E-state index contributed by atoms with van der Waals surface area (Å²) in [6, 6.07) is 27.0. The summed E-state index contributed by atoms with van der Waals surface area (Å²) in [5.74, 6) is -1.50. The molecule has 2 N–H and O–H groups in total. The normalized spacial score (nSPS) is 15.5. The number of esters is 1. The van der Waals surface area contributed by atoms with Gasteiger partial charge < -0.3 is 15.4 Å². The van der Waals surface area contributed by atoms with Crippen molar-refractivity contribution in [1.82, 2.24) is 10.6 Å². The van der Waals surface area contributed by atoms with Gasteiger partial charge in [0.1, 0.15) is 6.04 Å². The first-order valence-electron chi connectivity index (χ1n) is 13.4. The molecule has 0 heterocycles. The molecule has 0 radical (unpaired) electrons. The lowest BCUT2D eigenvalue weighted by molar-refractivity contribution is -0.154. The average molecular weight is 523 g/mol. The van der Waals surface area contributed by atoms with Gasteiger partial charge in [-0.3, -0.25) is 9.59 Å². The molecule has 3 aromatic carbocycles. The topological polar surface area (TPSA) is 84.5 Å². The molecule has 3 aromatic rings. The van der Waals surface area contributed by atoms with Crippen LogP contribution in [0.2, 0.25) is 0 Å². The van der Waals surface area contributed by atoms with Crippen molar-refractivity contribution >= 4 is 29.9 Å². The largest absolute Gasteiger partial charge is 0.446 e. The summed E-state index contributed by atoms with van der Waals surface area (Å²) in [5.41, 5.74) is 2.35. The van der Waals surface area contributed by atoms with Crippen LogP contribution in [0, 0.1) is 0 Å². The third kappa shape index (κ3) is 8.82. The molecule has 1 aliphatic rings. The van der Waals surface area contributed by atoms with E-state index in [-0.39, 0.29) is 6.04 Å². The number of nitrogens with one attached hydrogen (secondary N) is 2. The van der Waals surface area contributed by atoms with Gasteiger partial charge in [-0.25, -0.2) is 4.79 Å². The maximum Gasteiger partial charge on any atom is 0.331 e. The molecule has 200 valence electrons. The third-order valence-electron chi connectivity index (χ3n) is 6.65. The Labute approximate surface area is 229 Å². The quantitative estimate of drug-likeness (QED) is 0.267. The van der Waals surface area contributed by atoms with Gasteiger partial charge in [-0.1, -0.05) is 110 Å². The fraction of sp³-hybridized carbons (Fsp3) is 0.242. The molecule has 2 atom stereocenters. The van der Waals surface area contributed by atoms with Gasteiger partial charge in [0.15, 0.2) is 0 Å². The van der Waals surface area contributed by atoms with Gasteiger partial charge in [0, 0.05) is 18.2 Å². The Kier molecular flexibility index (Phi) is 10.2. The molecule has 39 heavy (non-hydrogen) atoms. The minimum atomic E-state index is -1.27. The Morgan fingerprint density at radius 3 is 1.85 bits per heavy atom. The van der Waals surface area contributed by atoms with E-state index in [4.69, 9.17) is 4.74 Å². The number of carbonyl (C=O) groups excluding carboxylic acids is 3. The summed E-state index contributed by atoms with van der Waals surface area (Å²) < 4.78 is 5.78. The number of ether oxygens (including phenoxy) is 1. The Morgan fingerprint density at radius 2 is 1.26 bits per heavy atom. The van der Waals surface area contributed by atoms with Crippen LogP contribution in [0.15, 0.2) is 103 Å². The Bertz CT molecular complexity index is 1270. The lowest BCUT2D eigenvalue weighted by Gasteiger charge is -2.30. The maximum absolute atomic E-state index is 13.6. The van der Waals surface area contributed by atoms with Gasteiger partial charge in [0.25, 0.3) is 5.91 Å². The molecule has 2 amide bonds. The van der Waals surface area contributed by atoms with E-state index < -0.39 is 29.9 Å². The van der Waals surface area contributed by atoms with Gasteiger partial charge in [0.05, 0.1) is 0 Å². The highest BCUT2D eigenvalue weighted by atomic mass is 16.5. The molecule has 6 heteroatoms. The SMILES string of the molecule is O=C(/C=C/c1ccccc1)N[C@@H](c1ccccc1)[C@@H](OC(=O)/C=C\c1ccccc1)C(=O)NC1CCCCC1. The lowest BCUT2D eigenvalue weighted by Crippen LogP contribution is -2.50. The number of rotatable bonds is 10. The van der Waals surface area contributed by atoms with E-state index in [1.807, 2.05) is 78.9 Å². The summed E-state index contributed by atoms with van der Waals surface area (Å²) in [6.07, 6.45) is 9.76. The van der Waals surface area contributed by atoms with Crippen molar-refractivity contribution < 1.29 is 19.1 Å². The van der Waals surface area contributed by atoms with E-state index >= 15 is 0 Å². The summed E-state index contributed by atoms with van der Waals surface area (Å²) in [6.45, 7) is 0. The van der Waals surface area contributed by atoms with Crippen molar-refractivity contribution in [2.75, 3.05) is 0 Å². The standard InChI is InChI=1S/C33H34N2O4/c36-29(23-21-25-13-5-1-6-14-25)35-31(27-17-9-3-10-18-27)32(33(38)34-28-19-11-4-12-20-28)39-30(37)24-22-26-15-7-2-8-16-26/h1-3,5-10,13-18,21-24,28,31-32H,4,11-12,19-20H2,(H,34,38)(H,35,36)/b23-21+,24-22-/t31-,32+/m0/s1. The van der Waals surface area contributed by atoms with Gasteiger partial charge in [-0.05, 0) is 41.7 Å². The van der Waals surface area contributed by atoms with Crippen molar-refractivity contribution in [3.05, 3.63) is 120 Å². The highest BCUT2D eigenvalue weighted by molar-refractivity contribution is 5.94. The first-order valence-corrected chi connectivity index (χ1v) is 13.4. The molecule has 0 bridgehead atoms. The Balaban J connectivity index is 1.58. The molecular formula is C33H34N2O4. The van der Waals surface area contributed by atoms with Crippen LogP contribution >= 0.6 is 0 Å². The second-order valence-electron chi connectivity index (χ2n) is 9.59. The summed E-state index contributed by atoms with van der Waals surface area (Å²) >= 11 is 0. The van der Waals surface area contributed by atoms with Crippen molar-refractivity contribution in [3.8, 4) is 0 Å². The molecule has 0 aromatic heterocycles. The molecule has 1 fully saturated rings. The van der Waals surface area contributed by atoms with Gasteiger partial charge in [0.2, 0.25) is 12.0 Å². The van der Waals surface area contributed by atoms with Crippen LogP contribution in [-0.4, -0.2) is 29.9 Å². The van der Waals surface area contributed by atoms with Gasteiger partial charge >= 0.3 is 5.97 Å².